The Labute approximate surface area is 187 Å². The molecule has 0 saturated carbocycles. The smallest absolute Gasteiger partial charge is 0.240 e. The number of hydrogen-bond acceptors (Lipinski definition) is 5. The van der Waals surface area contributed by atoms with Gasteiger partial charge >= 0.3 is 0 Å². The van der Waals surface area contributed by atoms with Gasteiger partial charge in [0.15, 0.2) is 5.16 Å². The lowest BCUT2D eigenvalue weighted by atomic mass is 10.0. The molecule has 0 radical (unpaired) electrons. The average Bonchev–Trinajstić information content (AvgIpc) is 3.22. The molecule has 0 saturated heterocycles. The molecule has 0 aliphatic carbocycles. The number of thioether (sulfide) groups is 1. The molecule has 0 unspecified atom stereocenters. The lowest BCUT2D eigenvalue weighted by Gasteiger charge is -2.11. The molecule has 0 aliphatic heterocycles. The van der Waals surface area contributed by atoms with E-state index in [2.05, 4.69) is 41.0 Å². The molecule has 2 aromatic carbocycles. The van der Waals surface area contributed by atoms with Crippen LogP contribution in [0.15, 0.2) is 64.9 Å². The standard InChI is InChI=1S/C22H26N4O3S2/c1-15(2)17-6-9-19(10-7-17)26-12-11-24-22(26)30-14-21(27)25-18-8-5-16(3)20(13-18)31(28,29)23-4/h5-13,15,23H,14H2,1-4H3,(H,25,27). The SMILES string of the molecule is CNS(=O)(=O)c1cc(NC(=O)CSc2nccn2-c2ccc(C(C)C)cc2)ccc1C. The Bertz CT molecular complexity index is 1170. The highest BCUT2D eigenvalue weighted by Gasteiger charge is 2.16. The number of hydrogen-bond donors (Lipinski definition) is 2. The zero-order valence-electron chi connectivity index (χ0n) is 17.9. The van der Waals surface area contributed by atoms with Crippen LogP contribution in [-0.4, -0.2) is 36.7 Å². The maximum Gasteiger partial charge on any atom is 0.240 e. The number of aromatic nitrogens is 2. The van der Waals surface area contributed by atoms with Crippen molar-refractivity contribution in [3.63, 3.8) is 0 Å². The largest absolute Gasteiger partial charge is 0.325 e. The van der Waals surface area contributed by atoms with Crippen LogP contribution in [0.25, 0.3) is 5.69 Å². The number of imidazole rings is 1. The van der Waals surface area contributed by atoms with Crippen LogP contribution in [0, 0.1) is 6.92 Å². The third-order valence-electron chi connectivity index (χ3n) is 4.81. The first-order valence-corrected chi connectivity index (χ1v) is 12.3. The molecule has 9 heteroatoms. The molecular formula is C22H26N4O3S2. The van der Waals surface area contributed by atoms with Gasteiger partial charge in [0.05, 0.1) is 10.6 Å². The zero-order chi connectivity index (χ0) is 22.6. The Morgan fingerprint density at radius 2 is 1.87 bits per heavy atom. The number of nitrogens with zero attached hydrogens (tertiary/aromatic N) is 2. The van der Waals surface area contributed by atoms with Gasteiger partial charge < -0.3 is 5.32 Å². The maximum absolute atomic E-state index is 12.5. The van der Waals surface area contributed by atoms with Crippen LogP contribution in [0.2, 0.25) is 0 Å². The minimum atomic E-state index is -3.60. The van der Waals surface area contributed by atoms with E-state index in [0.29, 0.717) is 22.3 Å². The van der Waals surface area contributed by atoms with Gasteiger partial charge in [0.25, 0.3) is 0 Å². The fourth-order valence-corrected chi connectivity index (χ4v) is 4.78. The lowest BCUT2D eigenvalue weighted by molar-refractivity contribution is -0.113. The molecule has 164 valence electrons. The summed E-state index contributed by atoms with van der Waals surface area (Å²) in [7, 11) is -2.24. The van der Waals surface area contributed by atoms with Crippen LogP contribution in [0.1, 0.15) is 30.9 Å². The van der Waals surface area contributed by atoms with Gasteiger partial charge in [0.1, 0.15) is 0 Å². The minimum absolute atomic E-state index is 0.140. The Balaban J connectivity index is 1.68. The van der Waals surface area contributed by atoms with Crippen molar-refractivity contribution in [2.24, 2.45) is 0 Å². The minimum Gasteiger partial charge on any atom is -0.325 e. The summed E-state index contributed by atoms with van der Waals surface area (Å²) in [6.07, 6.45) is 3.56. The highest BCUT2D eigenvalue weighted by molar-refractivity contribution is 7.99. The Kier molecular flexibility index (Phi) is 7.19. The van der Waals surface area contributed by atoms with E-state index in [9.17, 15) is 13.2 Å². The summed E-state index contributed by atoms with van der Waals surface area (Å²) < 4.78 is 28.5. The van der Waals surface area contributed by atoms with Crippen molar-refractivity contribution in [3.8, 4) is 5.69 Å². The summed E-state index contributed by atoms with van der Waals surface area (Å²) in [4.78, 5) is 17.0. The molecule has 0 atom stereocenters. The van der Waals surface area contributed by atoms with E-state index in [1.807, 2.05) is 22.9 Å². The molecule has 0 spiro atoms. The maximum atomic E-state index is 12.5. The topological polar surface area (TPSA) is 93.1 Å². The number of carbonyl (C=O) groups excluding carboxylic acids is 1. The molecule has 0 aliphatic rings. The molecule has 3 aromatic rings. The number of rotatable bonds is 8. The predicted octanol–water partition coefficient (Wildman–Crippen LogP) is 3.94. The van der Waals surface area contributed by atoms with E-state index in [-0.39, 0.29) is 16.6 Å². The monoisotopic (exact) mass is 458 g/mol. The van der Waals surface area contributed by atoms with Gasteiger partial charge in [-0.15, -0.1) is 0 Å². The van der Waals surface area contributed by atoms with E-state index in [1.165, 1.54) is 30.4 Å². The van der Waals surface area contributed by atoms with Crippen LogP contribution in [0.3, 0.4) is 0 Å². The molecule has 31 heavy (non-hydrogen) atoms. The van der Waals surface area contributed by atoms with Crippen molar-refractivity contribution in [2.45, 2.75) is 36.7 Å². The summed E-state index contributed by atoms with van der Waals surface area (Å²) in [6, 6.07) is 13.1. The summed E-state index contributed by atoms with van der Waals surface area (Å²) in [5.74, 6) is 0.356. The fraction of sp³-hybridized carbons (Fsp3) is 0.273. The second-order valence-electron chi connectivity index (χ2n) is 7.35. The zero-order valence-corrected chi connectivity index (χ0v) is 19.5. The van der Waals surface area contributed by atoms with Gasteiger partial charge in [-0.3, -0.25) is 9.36 Å². The summed E-state index contributed by atoms with van der Waals surface area (Å²) in [6.45, 7) is 6.01. The van der Waals surface area contributed by atoms with Crippen LogP contribution >= 0.6 is 11.8 Å². The number of aryl methyl sites for hydroxylation is 1. The van der Waals surface area contributed by atoms with Gasteiger partial charge in [0.2, 0.25) is 15.9 Å². The number of nitrogens with one attached hydrogen (secondary N) is 2. The Hall–Kier alpha value is -2.62. The third-order valence-corrected chi connectivity index (χ3v) is 7.33. The van der Waals surface area contributed by atoms with Crippen LogP contribution < -0.4 is 10.0 Å². The molecule has 1 heterocycles. The van der Waals surface area contributed by atoms with E-state index in [4.69, 9.17) is 0 Å². The number of amides is 1. The normalized spacial score (nSPS) is 11.6. The van der Waals surface area contributed by atoms with Gasteiger partial charge in [-0.2, -0.15) is 0 Å². The molecule has 1 amide bonds. The number of benzene rings is 2. The fourth-order valence-electron chi connectivity index (χ4n) is 3.02. The summed E-state index contributed by atoms with van der Waals surface area (Å²) in [5, 5.41) is 3.46. The van der Waals surface area contributed by atoms with E-state index < -0.39 is 10.0 Å². The van der Waals surface area contributed by atoms with Crippen LogP contribution in [0.4, 0.5) is 5.69 Å². The summed E-state index contributed by atoms with van der Waals surface area (Å²) in [5.41, 5.74) is 3.27. The van der Waals surface area contributed by atoms with Crippen LogP contribution in [0.5, 0.6) is 0 Å². The van der Waals surface area contributed by atoms with Crippen molar-refractivity contribution in [2.75, 3.05) is 18.1 Å². The molecule has 3 rings (SSSR count). The Morgan fingerprint density at radius 3 is 2.52 bits per heavy atom. The molecular weight excluding hydrogens is 432 g/mol. The molecule has 1 aromatic heterocycles. The van der Waals surface area contributed by atoms with Gasteiger partial charge in [-0.25, -0.2) is 18.1 Å². The number of anilines is 1. The van der Waals surface area contributed by atoms with Crippen molar-refractivity contribution in [1.29, 1.82) is 0 Å². The van der Waals surface area contributed by atoms with Gasteiger partial charge in [-0.05, 0) is 55.3 Å². The first-order valence-electron chi connectivity index (χ1n) is 9.82. The highest BCUT2D eigenvalue weighted by atomic mass is 32.2. The van der Waals surface area contributed by atoms with Crippen LogP contribution in [-0.2, 0) is 14.8 Å². The first-order chi connectivity index (χ1) is 14.7. The van der Waals surface area contributed by atoms with E-state index >= 15 is 0 Å². The third kappa shape index (κ3) is 5.55. The van der Waals surface area contributed by atoms with Crippen molar-refractivity contribution >= 4 is 33.4 Å². The van der Waals surface area contributed by atoms with Crippen molar-refractivity contribution < 1.29 is 13.2 Å². The van der Waals surface area contributed by atoms with Crippen molar-refractivity contribution in [3.05, 3.63) is 66.0 Å². The predicted molar refractivity (Wildman–Crippen MR) is 124 cm³/mol. The van der Waals surface area contributed by atoms with E-state index in [1.54, 1.807) is 25.3 Å². The molecule has 7 nitrogen and oxygen atoms in total. The van der Waals surface area contributed by atoms with Crippen molar-refractivity contribution in [1.82, 2.24) is 14.3 Å². The number of carbonyl (C=O) groups is 1. The number of sulfonamides is 1. The van der Waals surface area contributed by atoms with Gasteiger partial charge in [-0.1, -0.05) is 43.8 Å². The molecule has 0 bridgehead atoms. The molecule has 2 N–H and O–H groups in total. The van der Waals surface area contributed by atoms with E-state index in [0.717, 1.165) is 5.69 Å². The molecule has 0 fully saturated rings. The quantitative estimate of drug-likeness (QED) is 0.499. The second-order valence-corrected chi connectivity index (χ2v) is 10.1. The van der Waals surface area contributed by atoms with Gasteiger partial charge in [0, 0.05) is 23.8 Å². The Morgan fingerprint density at radius 1 is 1.16 bits per heavy atom. The average molecular weight is 459 g/mol. The first kappa shape index (κ1) is 23.1. The highest BCUT2D eigenvalue weighted by Crippen LogP contribution is 2.24. The second kappa shape index (κ2) is 9.67. The summed E-state index contributed by atoms with van der Waals surface area (Å²) >= 11 is 1.31. The lowest BCUT2D eigenvalue weighted by Crippen LogP contribution is -2.20.